The topological polar surface area (TPSA) is 142 Å². The lowest BCUT2D eigenvalue weighted by atomic mass is 10.1. The van der Waals surface area contributed by atoms with Crippen LogP contribution in [0, 0.1) is 0 Å². The first-order valence-electron chi connectivity index (χ1n) is 10.0. The molecule has 0 saturated heterocycles. The summed E-state index contributed by atoms with van der Waals surface area (Å²) < 4.78 is 0. The number of benzene rings is 1. The number of primary amides is 1. The Kier molecular flexibility index (Phi) is 4.63. The number of nitrogens with two attached hydrogens (primary N) is 1. The quantitative estimate of drug-likeness (QED) is 0.340. The van der Waals surface area contributed by atoms with E-state index in [1.54, 1.807) is 37.6 Å². The molecule has 158 valence electrons. The van der Waals surface area contributed by atoms with Crippen molar-refractivity contribution in [3.8, 4) is 22.5 Å². The summed E-state index contributed by atoms with van der Waals surface area (Å²) >= 11 is 0. The molecule has 5 aromatic rings. The average molecular weight is 425 g/mol. The van der Waals surface area contributed by atoms with Crippen molar-refractivity contribution >= 4 is 39.4 Å². The minimum Gasteiger partial charge on any atom is -0.366 e. The summed E-state index contributed by atoms with van der Waals surface area (Å²) in [6.07, 6.45) is 5.43. The van der Waals surface area contributed by atoms with Crippen molar-refractivity contribution in [3.63, 3.8) is 0 Å². The summed E-state index contributed by atoms with van der Waals surface area (Å²) in [4.78, 5) is 35.5. The van der Waals surface area contributed by atoms with Crippen LogP contribution in [-0.4, -0.2) is 37.0 Å². The normalized spacial score (nSPS) is 11.2. The van der Waals surface area contributed by atoms with Crippen LogP contribution in [-0.2, 0) is 4.79 Å². The molecule has 0 aliphatic rings. The highest BCUT2D eigenvalue weighted by Gasteiger charge is 2.16. The van der Waals surface area contributed by atoms with E-state index >= 15 is 0 Å². The fourth-order valence-electron chi connectivity index (χ4n) is 3.68. The fourth-order valence-corrected chi connectivity index (χ4v) is 3.68. The third-order valence-corrected chi connectivity index (χ3v) is 5.28. The number of hydrogen-bond acceptors (Lipinski definition) is 5. The Bertz CT molecular complexity index is 1500. The molecule has 1 aromatic carbocycles. The van der Waals surface area contributed by atoms with Gasteiger partial charge in [0.15, 0.2) is 5.65 Å². The van der Waals surface area contributed by atoms with Gasteiger partial charge < -0.3 is 16.0 Å². The summed E-state index contributed by atoms with van der Waals surface area (Å²) in [6.45, 7) is 1.79. The first kappa shape index (κ1) is 19.4. The Hall–Kier alpha value is -4.53. The number of fused-ring (bicyclic) bond motifs is 2. The zero-order valence-electron chi connectivity index (χ0n) is 17.1. The zero-order chi connectivity index (χ0) is 22.2. The first-order valence-corrected chi connectivity index (χ1v) is 10.0. The van der Waals surface area contributed by atoms with Gasteiger partial charge in [0.25, 0.3) is 0 Å². The average Bonchev–Trinajstić information content (AvgIpc) is 3.42. The third kappa shape index (κ3) is 3.35. The van der Waals surface area contributed by atoms with Crippen LogP contribution in [0.1, 0.15) is 23.7 Å². The molecule has 9 nitrogen and oxygen atoms in total. The maximum Gasteiger partial charge on any atom is 0.249 e. The molecule has 0 fully saturated rings. The van der Waals surface area contributed by atoms with Gasteiger partial charge in [-0.15, -0.1) is 0 Å². The van der Waals surface area contributed by atoms with Gasteiger partial charge in [0.1, 0.15) is 5.69 Å². The van der Waals surface area contributed by atoms with Gasteiger partial charge in [0, 0.05) is 51.8 Å². The lowest BCUT2D eigenvalue weighted by Crippen LogP contribution is -2.10. The van der Waals surface area contributed by atoms with Crippen LogP contribution >= 0.6 is 0 Å². The van der Waals surface area contributed by atoms with Crippen LogP contribution in [0.25, 0.3) is 44.5 Å². The van der Waals surface area contributed by atoms with E-state index in [0.717, 1.165) is 33.1 Å². The molecule has 0 spiro atoms. The molecular weight excluding hydrogens is 406 g/mol. The van der Waals surface area contributed by atoms with Gasteiger partial charge in [-0.2, -0.15) is 5.10 Å². The van der Waals surface area contributed by atoms with Gasteiger partial charge in [-0.05, 0) is 30.3 Å². The smallest absolute Gasteiger partial charge is 0.249 e. The zero-order valence-corrected chi connectivity index (χ0v) is 17.1. The molecule has 32 heavy (non-hydrogen) atoms. The largest absolute Gasteiger partial charge is 0.366 e. The highest BCUT2D eigenvalue weighted by Crippen LogP contribution is 2.32. The second kappa shape index (κ2) is 7.62. The number of nitrogens with one attached hydrogen (secondary N) is 3. The van der Waals surface area contributed by atoms with Gasteiger partial charge in [-0.1, -0.05) is 13.0 Å². The molecule has 0 aliphatic heterocycles. The Balaban J connectivity index is 1.59. The number of aromatic amines is 2. The summed E-state index contributed by atoms with van der Waals surface area (Å²) in [5.74, 6) is -0.566. The number of nitrogens with zero attached hydrogens (tertiary/aromatic N) is 3. The minimum atomic E-state index is -0.487. The molecule has 9 heteroatoms. The predicted octanol–water partition coefficient (Wildman–Crippen LogP) is 3.62. The van der Waals surface area contributed by atoms with E-state index in [2.05, 4.69) is 30.5 Å². The number of aromatic nitrogens is 5. The SMILES string of the molecule is CCC(=O)Nc1cncc(-c2cnc3[nH]nc(-c4cc5c(C(N)=O)cccc5[nH]4)c3c2)c1. The molecule has 0 radical (unpaired) electrons. The van der Waals surface area contributed by atoms with Crippen LogP contribution in [0.5, 0.6) is 0 Å². The number of hydrogen-bond donors (Lipinski definition) is 4. The van der Waals surface area contributed by atoms with Gasteiger partial charge in [-0.25, -0.2) is 4.98 Å². The lowest BCUT2D eigenvalue weighted by Gasteiger charge is -2.06. The summed E-state index contributed by atoms with van der Waals surface area (Å²) in [5.41, 5.74) is 11.1. The van der Waals surface area contributed by atoms with Crippen LogP contribution < -0.4 is 11.1 Å². The molecule has 4 heterocycles. The van der Waals surface area contributed by atoms with E-state index in [1.807, 2.05) is 24.3 Å². The monoisotopic (exact) mass is 425 g/mol. The highest BCUT2D eigenvalue weighted by molar-refractivity contribution is 6.07. The molecule has 0 aliphatic carbocycles. The Morgan fingerprint density at radius 3 is 2.72 bits per heavy atom. The molecule has 0 bridgehead atoms. The Labute approximate surface area is 182 Å². The van der Waals surface area contributed by atoms with E-state index in [-0.39, 0.29) is 5.91 Å². The van der Waals surface area contributed by atoms with E-state index in [4.69, 9.17) is 5.73 Å². The van der Waals surface area contributed by atoms with E-state index in [0.29, 0.717) is 29.0 Å². The second-order valence-electron chi connectivity index (χ2n) is 7.37. The molecule has 2 amide bonds. The van der Waals surface area contributed by atoms with Crippen molar-refractivity contribution in [1.82, 2.24) is 25.1 Å². The number of pyridine rings is 2. The number of anilines is 1. The van der Waals surface area contributed by atoms with Gasteiger partial charge in [0.2, 0.25) is 11.8 Å². The Morgan fingerprint density at radius 1 is 1.06 bits per heavy atom. The third-order valence-electron chi connectivity index (χ3n) is 5.28. The van der Waals surface area contributed by atoms with Crippen LogP contribution in [0.3, 0.4) is 0 Å². The number of carbonyl (C=O) groups is 2. The summed E-state index contributed by atoms with van der Waals surface area (Å²) in [5, 5.41) is 11.7. The van der Waals surface area contributed by atoms with Crippen LogP contribution in [0.2, 0.25) is 0 Å². The van der Waals surface area contributed by atoms with Crippen molar-refractivity contribution in [2.75, 3.05) is 5.32 Å². The maximum absolute atomic E-state index is 11.8. The van der Waals surface area contributed by atoms with Gasteiger partial charge >= 0.3 is 0 Å². The standard InChI is InChI=1S/C23H19N7O2/c1-2-20(31)27-14-6-12(9-25-11-14)13-7-17-21(29-30-23(17)26-10-13)19-8-16-15(22(24)32)4-3-5-18(16)28-19/h3-11,28H,2H2,1H3,(H2,24,32)(H,27,31)(H,26,29,30). The summed E-state index contributed by atoms with van der Waals surface area (Å²) in [6, 6.07) is 11.0. The summed E-state index contributed by atoms with van der Waals surface area (Å²) in [7, 11) is 0. The Morgan fingerprint density at radius 2 is 1.91 bits per heavy atom. The van der Waals surface area contributed by atoms with E-state index in [1.165, 1.54) is 0 Å². The number of H-pyrrole nitrogens is 2. The lowest BCUT2D eigenvalue weighted by molar-refractivity contribution is -0.115. The molecule has 5 N–H and O–H groups in total. The predicted molar refractivity (Wildman–Crippen MR) is 122 cm³/mol. The van der Waals surface area contributed by atoms with Crippen molar-refractivity contribution < 1.29 is 9.59 Å². The van der Waals surface area contributed by atoms with Crippen LogP contribution in [0.15, 0.2) is 55.0 Å². The van der Waals surface area contributed by atoms with E-state index in [9.17, 15) is 9.59 Å². The van der Waals surface area contributed by atoms with Crippen molar-refractivity contribution in [2.24, 2.45) is 5.73 Å². The fraction of sp³-hybridized carbons (Fsp3) is 0.0870. The van der Waals surface area contributed by atoms with Crippen molar-refractivity contribution in [2.45, 2.75) is 13.3 Å². The number of carbonyl (C=O) groups excluding carboxylic acids is 2. The molecule has 0 saturated carbocycles. The van der Waals surface area contributed by atoms with Gasteiger partial charge in [-0.3, -0.25) is 19.7 Å². The number of rotatable bonds is 5. The molecule has 4 aromatic heterocycles. The maximum atomic E-state index is 11.8. The molecule has 5 rings (SSSR count). The highest BCUT2D eigenvalue weighted by atomic mass is 16.1. The van der Waals surface area contributed by atoms with Crippen molar-refractivity contribution in [1.29, 1.82) is 0 Å². The van der Waals surface area contributed by atoms with Crippen molar-refractivity contribution in [3.05, 3.63) is 60.6 Å². The first-order chi connectivity index (χ1) is 15.5. The molecule has 0 atom stereocenters. The molecule has 0 unspecified atom stereocenters. The molecular formula is C23H19N7O2. The van der Waals surface area contributed by atoms with E-state index < -0.39 is 5.91 Å². The number of amides is 2. The second-order valence-corrected chi connectivity index (χ2v) is 7.37. The van der Waals surface area contributed by atoms with Gasteiger partial charge in [0.05, 0.1) is 17.6 Å². The minimum absolute atomic E-state index is 0.0798. The van der Waals surface area contributed by atoms with Crippen LogP contribution in [0.4, 0.5) is 5.69 Å².